The number of hydrogen-bond donors (Lipinski definition) is 6. The van der Waals surface area contributed by atoms with Gasteiger partial charge in [0.1, 0.15) is 24.1 Å². The van der Waals surface area contributed by atoms with Crippen LogP contribution in [0.5, 0.6) is 0 Å². The van der Waals surface area contributed by atoms with Crippen LogP contribution < -0.4 is 16.1 Å². The quantitative estimate of drug-likeness (QED) is 0.350. The second-order valence-corrected chi connectivity index (χ2v) is 5.17. The summed E-state index contributed by atoms with van der Waals surface area (Å²) in [5.41, 5.74) is -0.820. The van der Waals surface area contributed by atoms with Crippen molar-refractivity contribution >= 4 is 17.2 Å². The van der Waals surface area contributed by atoms with Gasteiger partial charge in [-0.2, -0.15) is 0 Å². The van der Waals surface area contributed by atoms with Crippen LogP contribution in [0.15, 0.2) is 26.9 Å². The second kappa shape index (κ2) is 6.46. The number of nitrogens with zero attached hydrogens (tertiary/aromatic N) is 2. The standard InChI is InChI=1S/C13H18N4O6/c1-5-6(2)17(3-7(19)10(21)8(20)4-18)11-9(14-5)12(22)16-13(23)15-11/h7-8,10,18-21H,2-4H2,1H3,(H2,15,16,22,23)/t7-,8+,10-/m0/s1. The number of β-amino-alcohol motifs (C(OH)–C–C–N with tert-alkyl or cyclic N) is 1. The maximum absolute atomic E-state index is 11.8. The van der Waals surface area contributed by atoms with E-state index in [2.05, 4.69) is 16.6 Å². The van der Waals surface area contributed by atoms with Crippen molar-refractivity contribution in [3.05, 3.63) is 33.1 Å². The number of anilines is 1. The van der Waals surface area contributed by atoms with Crippen LogP contribution in [0.4, 0.5) is 11.5 Å². The Balaban J connectivity index is 2.40. The predicted octanol–water partition coefficient (Wildman–Crippen LogP) is -2.44. The van der Waals surface area contributed by atoms with E-state index in [1.54, 1.807) is 6.92 Å². The second-order valence-electron chi connectivity index (χ2n) is 5.17. The summed E-state index contributed by atoms with van der Waals surface area (Å²) in [6, 6.07) is 0. The molecule has 0 saturated heterocycles. The number of hydrogen-bond acceptors (Lipinski definition) is 8. The van der Waals surface area contributed by atoms with E-state index in [1.165, 1.54) is 4.90 Å². The Morgan fingerprint density at radius 1 is 1.22 bits per heavy atom. The average Bonchev–Trinajstić information content (AvgIpc) is 2.51. The van der Waals surface area contributed by atoms with Crippen molar-refractivity contribution in [3.63, 3.8) is 0 Å². The molecule has 0 fully saturated rings. The molecule has 6 N–H and O–H groups in total. The number of allylic oxidation sites excluding steroid dienone is 1. The number of fused-ring (bicyclic) bond motifs is 1. The molecule has 1 aliphatic rings. The zero-order valence-electron chi connectivity index (χ0n) is 12.4. The molecule has 0 bridgehead atoms. The summed E-state index contributed by atoms with van der Waals surface area (Å²) in [5, 5.41) is 38.0. The van der Waals surface area contributed by atoms with Crippen molar-refractivity contribution in [3.8, 4) is 0 Å². The molecule has 3 atom stereocenters. The van der Waals surface area contributed by atoms with E-state index in [0.29, 0.717) is 11.4 Å². The van der Waals surface area contributed by atoms with Crippen LogP contribution in [0.1, 0.15) is 6.92 Å². The van der Waals surface area contributed by atoms with Gasteiger partial charge in [-0.15, -0.1) is 0 Å². The molecule has 0 spiro atoms. The molecule has 1 aromatic rings. The summed E-state index contributed by atoms with van der Waals surface area (Å²) >= 11 is 0. The molecule has 10 heteroatoms. The highest BCUT2D eigenvalue weighted by molar-refractivity contribution is 6.05. The summed E-state index contributed by atoms with van der Waals surface area (Å²) in [7, 11) is 0. The monoisotopic (exact) mass is 326 g/mol. The van der Waals surface area contributed by atoms with Crippen LogP contribution in [-0.2, 0) is 0 Å². The number of aliphatic hydroxyl groups is 4. The fraction of sp³-hybridized carbons (Fsp3) is 0.462. The van der Waals surface area contributed by atoms with Crippen LogP contribution in [-0.4, -0.2) is 67.6 Å². The number of nitrogens with one attached hydrogen (secondary N) is 2. The molecule has 0 aliphatic carbocycles. The summed E-state index contributed by atoms with van der Waals surface area (Å²) in [6.07, 6.45) is -4.63. The molecule has 0 aromatic carbocycles. The predicted molar refractivity (Wildman–Crippen MR) is 82.0 cm³/mol. The van der Waals surface area contributed by atoms with Gasteiger partial charge in [0.2, 0.25) is 0 Å². The third-order valence-corrected chi connectivity index (χ3v) is 3.54. The molecule has 0 amide bonds. The fourth-order valence-electron chi connectivity index (χ4n) is 2.19. The minimum absolute atomic E-state index is 0.0269. The normalized spacial score (nSPS) is 18.2. The SMILES string of the molecule is C=C1C(C)=Nc2c([nH]c(=O)[nH]c2=O)N1C[C@H](O)[C@H](O)[C@H](O)CO. The molecule has 10 nitrogen and oxygen atoms in total. The number of rotatable bonds is 5. The van der Waals surface area contributed by atoms with E-state index in [1.807, 2.05) is 4.98 Å². The minimum atomic E-state index is -1.62. The summed E-state index contributed by atoms with van der Waals surface area (Å²) in [5.74, 6) is 0.0269. The van der Waals surface area contributed by atoms with Gasteiger partial charge >= 0.3 is 5.69 Å². The summed E-state index contributed by atoms with van der Waals surface area (Å²) < 4.78 is 0. The van der Waals surface area contributed by atoms with Gasteiger partial charge in [-0.3, -0.25) is 14.8 Å². The molecule has 2 heterocycles. The number of aliphatic hydroxyl groups excluding tert-OH is 4. The summed E-state index contributed by atoms with van der Waals surface area (Å²) in [6.45, 7) is 4.35. The Morgan fingerprint density at radius 2 is 1.87 bits per heavy atom. The van der Waals surface area contributed by atoms with Crippen LogP contribution in [0.3, 0.4) is 0 Å². The molecule has 126 valence electrons. The Bertz CT molecular complexity index is 752. The van der Waals surface area contributed by atoms with Gasteiger partial charge in [0.15, 0.2) is 5.69 Å². The van der Waals surface area contributed by atoms with Gasteiger partial charge in [0.25, 0.3) is 5.56 Å². The van der Waals surface area contributed by atoms with Gasteiger partial charge in [0.05, 0.1) is 24.6 Å². The van der Waals surface area contributed by atoms with Gasteiger partial charge < -0.3 is 25.3 Å². The highest BCUT2D eigenvalue weighted by Crippen LogP contribution is 2.30. The first-order valence-corrected chi connectivity index (χ1v) is 6.80. The third-order valence-electron chi connectivity index (χ3n) is 3.54. The Morgan fingerprint density at radius 3 is 2.48 bits per heavy atom. The van der Waals surface area contributed by atoms with Gasteiger partial charge in [-0.1, -0.05) is 6.58 Å². The molecular formula is C13H18N4O6. The number of aliphatic imine (C=N–C) groups is 1. The lowest BCUT2D eigenvalue weighted by Gasteiger charge is -2.33. The van der Waals surface area contributed by atoms with Crippen LogP contribution >= 0.6 is 0 Å². The van der Waals surface area contributed by atoms with Crippen molar-refractivity contribution in [2.75, 3.05) is 18.1 Å². The van der Waals surface area contributed by atoms with Gasteiger partial charge in [0, 0.05) is 0 Å². The average molecular weight is 326 g/mol. The summed E-state index contributed by atoms with van der Waals surface area (Å²) in [4.78, 5) is 33.1. The lowest BCUT2D eigenvalue weighted by Crippen LogP contribution is -2.47. The number of H-pyrrole nitrogens is 2. The van der Waals surface area contributed by atoms with E-state index in [9.17, 15) is 24.9 Å². The molecule has 1 aliphatic heterocycles. The maximum Gasteiger partial charge on any atom is 0.327 e. The molecular weight excluding hydrogens is 308 g/mol. The first-order chi connectivity index (χ1) is 10.8. The maximum atomic E-state index is 11.8. The van der Waals surface area contributed by atoms with Crippen LogP contribution in [0.2, 0.25) is 0 Å². The topological polar surface area (TPSA) is 162 Å². The highest BCUT2D eigenvalue weighted by atomic mass is 16.4. The third kappa shape index (κ3) is 3.24. The number of aromatic amines is 2. The van der Waals surface area contributed by atoms with E-state index in [4.69, 9.17) is 5.11 Å². The minimum Gasteiger partial charge on any atom is -0.394 e. The van der Waals surface area contributed by atoms with Crippen molar-refractivity contribution < 1.29 is 20.4 Å². The largest absolute Gasteiger partial charge is 0.394 e. The van der Waals surface area contributed by atoms with Gasteiger partial charge in [-0.05, 0) is 6.92 Å². The van der Waals surface area contributed by atoms with Crippen LogP contribution in [0.25, 0.3) is 0 Å². The Labute approximate surface area is 130 Å². The van der Waals surface area contributed by atoms with Crippen molar-refractivity contribution in [1.29, 1.82) is 0 Å². The molecule has 0 unspecified atom stereocenters. The van der Waals surface area contributed by atoms with Crippen molar-refractivity contribution in [1.82, 2.24) is 9.97 Å². The van der Waals surface area contributed by atoms with E-state index in [-0.39, 0.29) is 18.1 Å². The fourth-order valence-corrected chi connectivity index (χ4v) is 2.19. The molecule has 0 radical (unpaired) electrons. The zero-order chi connectivity index (χ0) is 17.3. The van der Waals surface area contributed by atoms with E-state index < -0.39 is 36.2 Å². The molecule has 0 saturated carbocycles. The Kier molecular flexibility index (Phi) is 4.80. The molecule has 23 heavy (non-hydrogen) atoms. The first kappa shape index (κ1) is 17.1. The van der Waals surface area contributed by atoms with Crippen molar-refractivity contribution in [2.24, 2.45) is 4.99 Å². The smallest absolute Gasteiger partial charge is 0.327 e. The Hall–Kier alpha value is -2.27. The first-order valence-electron chi connectivity index (χ1n) is 6.80. The van der Waals surface area contributed by atoms with E-state index in [0.717, 1.165) is 0 Å². The van der Waals surface area contributed by atoms with Crippen molar-refractivity contribution in [2.45, 2.75) is 25.2 Å². The lowest BCUT2D eigenvalue weighted by molar-refractivity contribution is -0.0728. The zero-order valence-corrected chi connectivity index (χ0v) is 12.4. The number of aromatic nitrogens is 2. The highest BCUT2D eigenvalue weighted by Gasteiger charge is 2.31. The molecule has 1 aromatic heterocycles. The lowest BCUT2D eigenvalue weighted by atomic mass is 10.1. The van der Waals surface area contributed by atoms with E-state index >= 15 is 0 Å². The van der Waals surface area contributed by atoms with Crippen LogP contribution in [0, 0.1) is 0 Å². The van der Waals surface area contributed by atoms with Gasteiger partial charge in [-0.25, -0.2) is 9.79 Å². The molecule has 2 rings (SSSR count).